The average molecular weight is 228 g/mol. The lowest BCUT2D eigenvalue weighted by Crippen LogP contribution is -2.60. The maximum absolute atomic E-state index is 14.1. The number of halogens is 2. The molecule has 2 aliphatic rings. The highest BCUT2D eigenvalue weighted by molar-refractivity contribution is 5.85. The fraction of sp³-hybridized carbons (Fsp3) is 0.500. The summed E-state index contributed by atoms with van der Waals surface area (Å²) in [7, 11) is 0. The summed E-state index contributed by atoms with van der Waals surface area (Å²) >= 11 is 0. The van der Waals surface area contributed by atoms with Gasteiger partial charge in [-0.05, 0) is 24.0 Å². The molecular formula is C12H15ClFN. The van der Waals surface area contributed by atoms with Crippen molar-refractivity contribution in [3.05, 3.63) is 35.4 Å². The molecule has 1 N–H and O–H groups in total. The third-order valence-electron chi connectivity index (χ3n) is 3.62. The minimum absolute atomic E-state index is 0. The van der Waals surface area contributed by atoms with Gasteiger partial charge in [-0.15, -0.1) is 12.4 Å². The van der Waals surface area contributed by atoms with Gasteiger partial charge in [0, 0.05) is 19.0 Å². The van der Waals surface area contributed by atoms with E-state index in [1.54, 1.807) is 0 Å². The Labute approximate surface area is 95.5 Å². The van der Waals surface area contributed by atoms with Gasteiger partial charge < -0.3 is 5.32 Å². The molecule has 0 spiro atoms. The van der Waals surface area contributed by atoms with E-state index in [4.69, 9.17) is 0 Å². The zero-order chi connectivity index (χ0) is 9.60. The molecule has 82 valence electrons. The summed E-state index contributed by atoms with van der Waals surface area (Å²) in [6, 6.07) is 8.35. The van der Waals surface area contributed by atoms with Crippen LogP contribution in [0.15, 0.2) is 24.3 Å². The van der Waals surface area contributed by atoms with E-state index in [-0.39, 0.29) is 18.3 Å². The van der Waals surface area contributed by atoms with Crippen LogP contribution < -0.4 is 5.32 Å². The molecule has 1 saturated heterocycles. The van der Waals surface area contributed by atoms with E-state index in [1.807, 2.05) is 12.1 Å². The Kier molecular flexibility index (Phi) is 2.73. The molecule has 0 saturated carbocycles. The van der Waals surface area contributed by atoms with E-state index in [2.05, 4.69) is 17.4 Å². The molecule has 0 unspecified atom stereocenters. The standard InChI is InChI=1S/C12H14FN.ClH/c13-12(7-14-8-12)11-5-9-3-1-2-4-10(9)6-11;/h1-4,11,14H,5-8H2;1H. The highest BCUT2D eigenvalue weighted by Crippen LogP contribution is 2.37. The second-order valence-electron chi connectivity index (χ2n) is 4.51. The summed E-state index contributed by atoms with van der Waals surface area (Å²) in [5.41, 5.74) is 1.77. The van der Waals surface area contributed by atoms with Crippen molar-refractivity contribution >= 4 is 12.4 Å². The molecule has 1 fully saturated rings. The molecular weight excluding hydrogens is 213 g/mol. The minimum atomic E-state index is -0.932. The van der Waals surface area contributed by atoms with Crippen molar-refractivity contribution in [1.82, 2.24) is 5.32 Å². The third-order valence-corrected chi connectivity index (χ3v) is 3.62. The van der Waals surface area contributed by atoms with Gasteiger partial charge in [0.05, 0.1) is 0 Å². The Balaban J connectivity index is 0.000000853. The normalized spacial score (nSPS) is 22.7. The lowest BCUT2D eigenvalue weighted by atomic mass is 9.82. The zero-order valence-electron chi connectivity index (χ0n) is 8.50. The van der Waals surface area contributed by atoms with Crippen LogP contribution >= 0.6 is 12.4 Å². The van der Waals surface area contributed by atoms with Gasteiger partial charge in [-0.1, -0.05) is 24.3 Å². The van der Waals surface area contributed by atoms with E-state index in [9.17, 15) is 4.39 Å². The first kappa shape index (κ1) is 10.9. The molecule has 1 aromatic carbocycles. The molecule has 1 aliphatic carbocycles. The maximum atomic E-state index is 14.1. The van der Waals surface area contributed by atoms with Gasteiger partial charge in [0.2, 0.25) is 0 Å². The van der Waals surface area contributed by atoms with Crippen LogP contribution in [0.4, 0.5) is 4.39 Å². The quantitative estimate of drug-likeness (QED) is 0.775. The van der Waals surface area contributed by atoms with Crippen LogP contribution in [0, 0.1) is 5.92 Å². The first-order valence-electron chi connectivity index (χ1n) is 5.24. The minimum Gasteiger partial charge on any atom is -0.310 e. The lowest BCUT2D eigenvalue weighted by Gasteiger charge is -2.39. The van der Waals surface area contributed by atoms with Crippen LogP contribution in [0.25, 0.3) is 0 Å². The number of hydrogen-bond acceptors (Lipinski definition) is 1. The van der Waals surface area contributed by atoms with Gasteiger partial charge in [0.1, 0.15) is 5.67 Å². The number of alkyl halides is 1. The topological polar surface area (TPSA) is 12.0 Å². The molecule has 1 aromatic rings. The summed E-state index contributed by atoms with van der Waals surface area (Å²) in [6.07, 6.45) is 1.85. The highest BCUT2D eigenvalue weighted by Gasteiger charge is 2.46. The molecule has 3 rings (SSSR count). The Morgan fingerprint density at radius 3 is 2.07 bits per heavy atom. The molecule has 0 atom stereocenters. The fourth-order valence-corrected chi connectivity index (χ4v) is 2.58. The molecule has 1 heterocycles. The van der Waals surface area contributed by atoms with Crippen LogP contribution in [-0.4, -0.2) is 18.8 Å². The molecule has 1 aliphatic heterocycles. The number of nitrogens with one attached hydrogen (secondary N) is 1. The first-order chi connectivity index (χ1) is 6.78. The smallest absolute Gasteiger partial charge is 0.139 e. The molecule has 0 bridgehead atoms. The molecule has 0 aromatic heterocycles. The number of fused-ring (bicyclic) bond motifs is 1. The van der Waals surface area contributed by atoms with Crippen LogP contribution in [0.3, 0.4) is 0 Å². The van der Waals surface area contributed by atoms with E-state index >= 15 is 0 Å². The lowest BCUT2D eigenvalue weighted by molar-refractivity contribution is 0.0281. The number of rotatable bonds is 1. The van der Waals surface area contributed by atoms with Gasteiger partial charge in [0.15, 0.2) is 0 Å². The summed E-state index contributed by atoms with van der Waals surface area (Å²) in [4.78, 5) is 0. The van der Waals surface area contributed by atoms with E-state index in [1.165, 1.54) is 11.1 Å². The molecule has 3 heteroatoms. The predicted molar refractivity (Wildman–Crippen MR) is 61.3 cm³/mol. The summed E-state index contributed by atoms with van der Waals surface area (Å²) in [5, 5.41) is 3.03. The molecule has 15 heavy (non-hydrogen) atoms. The van der Waals surface area contributed by atoms with Gasteiger partial charge >= 0.3 is 0 Å². The Hall–Kier alpha value is -0.600. The van der Waals surface area contributed by atoms with Crippen molar-refractivity contribution in [3.8, 4) is 0 Å². The van der Waals surface area contributed by atoms with Crippen LogP contribution in [0.2, 0.25) is 0 Å². The Morgan fingerprint density at radius 1 is 1.13 bits per heavy atom. The van der Waals surface area contributed by atoms with Crippen LogP contribution in [-0.2, 0) is 12.8 Å². The summed E-state index contributed by atoms with van der Waals surface area (Å²) < 4.78 is 14.1. The number of benzene rings is 1. The van der Waals surface area contributed by atoms with E-state index in [0.717, 1.165) is 12.8 Å². The van der Waals surface area contributed by atoms with Crippen molar-refractivity contribution in [3.63, 3.8) is 0 Å². The van der Waals surface area contributed by atoms with Crippen LogP contribution in [0.1, 0.15) is 11.1 Å². The van der Waals surface area contributed by atoms with Gasteiger partial charge in [-0.25, -0.2) is 4.39 Å². The Bertz CT molecular complexity index is 337. The zero-order valence-corrected chi connectivity index (χ0v) is 9.32. The van der Waals surface area contributed by atoms with Crippen LogP contribution in [0.5, 0.6) is 0 Å². The van der Waals surface area contributed by atoms with Crippen molar-refractivity contribution in [2.75, 3.05) is 13.1 Å². The van der Waals surface area contributed by atoms with Crippen molar-refractivity contribution in [2.24, 2.45) is 5.92 Å². The largest absolute Gasteiger partial charge is 0.310 e. The van der Waals surface area contributed by atoms with Crippen molar-refractivity contribution in [2.45, 2.75) is 18.5 Å². The van der Waals surface area contributed by atoms with Crippen molar-refractivity contribution in [1.29, 1.82) is 0 Å². The summed E-state index contributed by atoms with van der Waals surface area (Å²) in [6.45, 7) is 1.09. The van der Waals surface area contributed by atoms with Gasteiger partial charge in [-0.3, -0.25) is 0 Å². The van der Waals surface area contributed by atoms with E-state index < -0.39 is 5.67 Å². The van der Waals surface area contributed by atoms with Gasteiger partial charge in [-0.2, -0.15) is 0 Å². The van der Waals surface area contributed by atoms with E-state index in [0.29, 0.717) is 13.1 Å². The molecule has 1 nitrogen and oxygen atoms in total. The SMILES string of the molecule is Cl.FC1(C2Cc3ccccc3C2)CNC1. The monoisotopic (exact) mass is 227 g/mol. The third kappa shape index (κ3) is 1.66. The predicted octanol–water partition coefficient (Wildman–Crippen LogP) is 2.13. The molecule has 0 amide bonds. The number of hydrogen-bond donors (Lipinski definition) is 1. The summed E-state index contributed by atoms with van der Waals surface area (Å²) in [5.74, 6) is 0.209. The first-order valence-corrected chi connectivity index (χ1v) is 5.24. The Morgan fingerprint density at radius 2 is 1.67 bits per heavy atom. The average Bonchev–Trinajstić information content (AvgIpc) is 2.57. The van der Waals surface area contributed by atoms with Crippen molar-refractivity contribution < 1.29 is 4.39 Å². The maximum Gasteiger partial charge on any atom is 0.139 e. The second kappa shape index (κ2) is 3.76. The highest BCUT2D eigenvalue weighted by atomic mass is 35.5. The van der Waals surface area contributed by atoms with Gasteiger partial charge in [0.25, 0.3) is 0 Å². The fourth-order valence-electron chi connectivity index (χ4n) is 2.58. The molecule has 0 radical (unpaired) electrons. The second-order valence-corrected chi connectivity index (χ2v) is 4.51.